The molecule has 2 rings (SSSR count). The zero-order valence-corrected chi connectivity index (χ0v) is 15.2. The van der Waals surface area contributed by atoms with Gasteiger partial charge in [0.05, 0.1) is 5.56 Å². The summed E-state index contributed by atoms with van der Waals surface area (Å²) in [5, 5.41) is 0. The lowest BCUT2D eigenvalue weighted by molar-refractivity contribution is 0.0738. The molecule has 0 bridgehead atoms. The predicted molar refractivity (Wildman–Crippen MR) is 100 cm³/mol. The number of benzene rings is 2. The van der Waals surface area contributed by atoms with Crippen LogP contribution in [0, 0.1) is 5.41 Å². The standard InChI is InChI=1S/C19H24N2O2.ClH/c1-19(2,13-20)14-21(3)18(22)16-11-7-8-12-17(16)23-15-9-5-4-6-10-15;/h4-12H,13-14,20H2,1-3H3;1H. The van der Waals surface area contributed by atoms with Crippen LogP contribution in [0.15, 0.2) is 54.6 Å². The zero-order chi connectivity index (χ0) is 16.9. The van der Waals surface area contributed by atoms with Gasteiger partial charge >= 0.3 is 0 Å². The second kappa shape index (κ2) is 8.71. The Morgan fingerprint density at radius 2 is 1.67 bits per heavy atom. The summed E-state index contributed by atoms with van der Waals surface area (Å²) in [7, 11) is 1.79. The Balaban J connectivity index is 0.00000288. The molecule has 0 heterocycles. The highest BCUT2D eigenvalue weighted by Crippen LogP contribution is 2.26. The molecule has 1 amide bonds. The molecule has 0 aromatic heterocycles. The summed E-state index contributed by atoms with van der Waals surface area (Å²) in [5.41, 5.74) is 6.19. The molecule has 5 heteroatoms. The average molecular weight is 349 g/mol. The number of ether oxygens (including phenoxy) is 1. The minimum absolute atomic E-state index is 0. The minimum atomic E-state index is -0.125. The van der Waals surface area contributed by atoms with Crippen molar-refractivity contribution >= 4 is 18.3 Å². The van der Waals surface area contributed by atoms with E-state index in [0.717, 1.165) is 0 Å². The number of rotatable bonds is 6. The minimum Gasteiger partial charge on any atom is -0.457 e. The van der Waals surface area contributed by atoms with E-state index in [0.29, 0.717) is 30.2 Å². The summed E-state index contributed by atoms with van der Waals surface area (Å²) in [6, 6.07) is 16.7. The predicted octanol–water partition coefficient (Wildman–Crippen LogP) is 3.96. The second-order valence-electron chi connectivity index (χ2n) is 6.44. The van der Waals surface area contributed by atoms with Gasteiger partial charge in [0.1, 0.15) is 11.5 Å². The third-order valence-corrected chi connectivity index (χ3v) is 3.65. The van der Waals surface area contributed by atoms with Crippen LogP contribution < -0.4 is 10.5 Å². The van der Waals surface area contributed by atoms with Crippen LogP contribution >= 0.6 is 12.4 Å². The lowest BCUT2D eigenvalue weighted by atomic mass is 9.93. The number of nitrogens with zero attached hydrogens (tertiary/aromatic N) is 1. The average Bonchev–Trinajstić information content (AvgIpc) is 2.55. The van der Waals surface area contributed by atoms with E-state index >= 15 is 0 Å². The maximum atomic E-state index is 12.8. The number of nitrogens with two attached hydrogens (primary N) is 1. The fourth-order valence-corrected chi connectivity index (χ4v) is 2.33. The Hall–Kier alpha value is -2.04. The van der Waals surface area contributed by atoms with E-state index in [2.05, 4.69) is 0 Å². The van der Waals surface area contributed by atoms with E-state index in [-0.39, 0.29) is 23.7 Å². The van der Waals surface area contributed by atoms with Crippen LogP contribution in [0.5, 0.6) is 11.5 Å². The lowest BCUT2D eigenvalue weighted by Crippen LogP contribution is -2.39. The molecule has 24 heavy (non-hydrogen) atoms. The Labute approximate surface area is 150 Å². The first-order valence-corrected chi connectivity index (χ1v) is 7.70. The van der Waals surface area contributed by atoms with Crippen molar-refractivity contribution in [2.75, 3.05) is 20.1 Å². The summed E-state index contributed by atoms with van der Waals surface area (Å²) >= 11 is 0. The van der Waals surface area contributed by atoms with Crippen molar-refractivity contribution in [2.24, 2.45) is 11.1 Å². The Bertz CT molecular complexity index is 659. The molecule has 0 saturated heterocycles. The Morgan fingerprint density at radius 3 is 2.29 bits per heavy atom. The topological polar surface area (TPSA) is 55.6 Å². The summed E-state index contributed by atoms with van der Waals surface area (Å²) < 4.78 is 5.87. The molecule has 0 aliphatic carbocycles. The van der Waals surface area contributed by atoms with E-state index in [4.69, 9.17) is 10.5 Å². The maximum Gasteiger partial charge on any atom is 0.257 e. The number of hydrogen-bond donors (Lipinski definition) is 1. The molecule has 2 N–H and O–H groups in total. The molecule has 4 nitrogen and oxygen atoms in total. The van der Waals surface area contributed by atoms with E-state index in [9.17, 15) is 4.79 Å². The highest BCUT2D eigenvalue weighted by Gasteiger charge is 2.23. The summed E-state index contributed by atoms with van der Waals surface area (Å²) in [5.74, 6) is 1.19. The molecule has 2 aromatic carbocycles. The van der Waals surface area contributed by atoms with Crippen LogP contribution in [0.1, 0.15) is 24.2 Å². The maximum absolute atomic E-state index is 12.8. The molecule has 0 aliphatic heterocycles. The van der Waals surface area contributed by atoms with Crippen molar-refractivity contribution in [3.8, 4) is 11.5 Å². The number of carbonyl (C=O) groups is 1. The number of amides is 1. The summed E-state index contributed by atoms with van der Waals surface area (Å²) in [6.45, 7) is 5.20. The van der Waals surface area contributed by atoms with Gasteiger partial charge in [-0.05, 0) is 36.2 Å². The highest BCUT2D eigenvalue weighted by atomic mass is 35.5. The largest absolute Gasteiger partial charge is 0.457 e. The Morgan fingerprint density at radius 1 is 1.08 bits per heavy atom. The van der Waals surface area contributed by atoms with Gasteiger partial charge in [-0.15, -0.1) is 12.4 Å². The van der Waals surface area contributed by atoms with E-state index in [1.807, 2.05) is 62.4 Å². The molecular weight excluding hydrogens is 324 g/mol. The van der Waals surface area contributed by atoms with Gasteiger partial charge in [0, 0.05) is 13.6 Å². The third kappa shape index (κ3) is 5.25. The van der Waals surface area contributed by atoms with Crippen LogP contribution in [-0.4, -0.2) is 30.9 Å². The fourth-order valence-electron chi connectivity index (χ4n) is 2.33. The first-order chi connectivity index (χ1) is 10.9. The van der Waals surface area contributed by atoms with Crippen LogP contribution in [0.4, 0.5) is 0 Å². The first kappa shape index (κ1) is 20.0. The highest BCUT2D eigenvalue weighted by molar-refractivity contribution is 5.96. The zero-order valence-electron chi connectivity index (χ0n) is 14.4. The fraction of sp³-hybridized carbons (Fsp3) is 0.316. The van der Waals surface area contributed by atoms with Gasteiger partial charge in [0.2, 0.25) is 0 Å². The van der Waals surface area contributed by atoms with Crippen molar-refractivity contribution in [3.63, 3.8) is 0 Å². The van der Waals surface area contributed by atoms with Crippen molar-refractivity contribution in [1.29, 1.82) is 0 Å². The molecular formula is C19H25ClN2O2. The van der Waals surface area contributed by atoms with Crippen LogP contribution in [0.3, 0.4) is 0 Å². The van der Waals surface area contributed by atoms with Gasteiger partial charge < -0.3 is 15.4 Å². The van der Waals surface area contributed by atoms with Crippen molar-refractivity contribution in [1.82, 2.24) is 4.90 Å². The molecule has 0 unspecified atom stereocenters. The number of hydrogen-bond acceptors (Lipinski definition) is 3. The number of halogens is 1. The van der Waals surface area contributed by atoms with Gasteiger partial charge in [-0.1, -0.05) is 44.2 Å². The van der Waals surface area contributed by atoms with Crippen molar-refractivity contribution in [2.45, 2.75) is 13.8 Å². The quantitative estimate of drug-likeness (QED) is 0.859. The lowest BCUT2D eigenvalue weighted by Gasteiger charge is -2.29. The van der Waals surface area contributed by atoms with Gasteiger partial charge in [0.15, 0.2) is 0 Å². The Kier molecular flexibility index (Phi) is 7.26. The number of para-hydroxylation sites is 2. The van der Waals surface area contributed by atoms with E-state index in [1.54, 1.807) is 18.0 Å². The summed E-state index contributed by atoms with van der Waals surface area (Å²) in [4.78, 5) is 14.4. The molecule has 0 atom stereocenters. The molecule has 130 valence electrons. The molecule has 0 aliphatic rings. The molecule has 0 spiro atoms. The normalized spacial score (nSPS) is 10.7. The van der Waals surface area contributed by atoms with Crippen LogP contribution in [0.2, 0.25) is 0 Å². The molecule has 0 saturated carbocycles. The monoisotopic (exact) mass is 348 g/mol. The molecule has 0 fully saturated rings. The third-order valence-electron chi connectivity index (χ3n) is 3.65. The second-order valence-corrected chi connectivity index (χ2v) is 6.44. The molecule has 2 aromatic rings. The van der Waals surface area contributed by atoms with Crippen molar-refractivity contribution < 1.29 is 9.53 Å². The first-order valence-electron chi connectivity index (χ1n) is 7.70. The van der Waals surface area contributed by atoms with Gasteiger partial charge in [-0.3, -0.25) is 4.79 Å². The smallest absolute Gasteiger partial charge is 0.257 e. The van der Waals surface area contributed by atoms with E-state index < -0.39 is 0 Å². The summed E-state index contributed by atoms with van der Waals surface area (Å²) in [6.07, 6.45) is 0. The van der Waals surface area contributed by atoms with Crippen molar-refractivity contribution in [3.05, 3.63) is 60.2 Å². The molecule has 0 radical (unpaired) electrons. The van der Waals surface area contributed by atoms with Crippen LogP contribution in [0.25, 0.3) is 0 Å². The number of carbonyl (C=O) groups excluding carboxylic acids is 1. The van der Waals surface area contributed by atoms with E-state index in [1.165, 1.54) is 0 Å². The van der Waals surface area contributed by atoms with Crippen LogP contribution in [-0.2, 0) is 0 Å². The van der Waals surface area contributed by atoms with Gasteiger partial charge in [-0.2, -0.15) is 0 Å². The van der Waals surface area contributed by atoms with Gasteiger partial charge in [-0.25, -0.2) is 0 Å². The van der Waals surface area contributed by atoms with Gasteiger partial charge in [0.25, 0.3) is 5.91 Å². The SMILES string of the molecule is CN(CC(C)(C)CN)C(=O)c1ccccc1Oc1ccccc1.Cl.